The Hall–Kier alpha value is -1.89. The summed E-state index contributed by atoms with van der Waals surface area (Å²) < 4.78 is 7.16. The Kier molecular flexibility index (Phi) is 4.04. The molecule has 22 heavy (non-hydrogen) atoms. The topological polar surface area (TPSA) is 93.5 Å². The first-order valence-corrected chi connectivity index (χ1v) is 7.34. The third kappa shape index (κ3) is 2.29. The Balaban J connectivity index is 2.24. The SMILES string of the molecule is CCOC1CC(NC(=O)c2cc(C)n(C)n2)(C(=O)O)C1(C)C. The molecule has 2 rings (SSSR count). The van der Waals surface area contributed by atoms with Gasteiger partial charge in [0.05, 0.1) is 6.10 Å². The van der Waals surface area contributed by atoms with Gasteiger partial charge in [-0.15, -0.1) is 0 Å². The lowest BCUT2D eigenvalue weighted by atomic mass is 9.54. The normalized spacial score (nSPS) is 26.3. The van der Waals surface area contributed by atoms with Crippen LogP contribution >= 0.6 is 0 Å². The number of nitrogens with one attached hydrogen (secondary N) is 1. The van der Waals surface area contributed by atoms with Crippen molar-refractivity contribution in [2.45, 2.75) is 45.8 Å². The molecular weight excluding hydrogens is 286 g/mol. The van der Waals surface area contributed by atoms with Gasteiger partial charge >= 0.3 is 5.97 Å². The van der Waals surface area contributed by atoms with Gasteiger partial charge in [-0.25, -0.2) is 4.79 Å². The number of carboxylic acid groups (broad SMARTS) is 1. The number of aliphatic carboxylic acids is 1. The largest absolute Gasteiger partial charge is 0.479 e. The van der Waals surface area contributed by atoms with E-state index >= 15 is 0 Å². The molecule has 2 atom stereocenters. The van der Waals surface area contributed by atoms with Gasteiger partial charge in [-0.1, -0.05) is 13.8 Å². The second-order valence-electron chi connectivity index (χ2n) is 6.33. The van der Waals surface area contributed by atoms with Gasteiger partial charge in [0.15, 0.2) is 0 Å². The molecule has 0 bridgehead atoms. The van der Waals surface area contributed by atoms with Crippen LogP contribution < -0.4 is 5.32 Å². The molecular formula is C15H23N3O4. The fourth-order valence-electron chi connectivity index (χ4n) is 2.97. The van der Waals surface area contributed by atoms with Crippen molar-refractivity contribution in [1.29, 1.82) is 0 Å². The minimum atomic E-state index is -1.34. The zero-order valence-electron chi connectivity index (χ0n) is 13.6. The lowest BCUT2D eigenvalue weighted by molar-refractivity contribution is -0.190. The molecule has 1 heterocycles. The predicted molar refractivity (Wildman–Crippen MR) is 79.6 cm³/mol. The molecule has 7 heteroatoms. The standard InChI is InChI=1S/C15H23N3O4/c1-6-22-11-8-15(13(20)21,14(11,3)4)16-12(19)10-7-9(2)18(5)17-10/h7,11H,6,8H2,1-5H3,(H,16,19)(H,20,21). The molecule has 1 aliphatic rings. The molecule has 1 saturated carbocycles. The Bertz CT molecular complexity index is 588. The van der Waals surface area contributed by atoms with Crippen LogP contribution in [-0.4, -0.2) is 45.0 Å². The summed E-state index contributed by atoms with van der Waals surface area (Å²) >= 11 is 0. The van der Waals surface area contributed by atoms with Gasteiger partial charge in [0.25, 0.3) is 5.91 Å². The summed E-state index contributed by atoms with van der Waals surface area (Å²) in [6.07, 6.45) is 0.0557. The van der Waals surface area contributed by atoms with E-state index in [-0.39, 0.29) is 18.2 Å². The average Bonchev–Trinajstić information content (AvgIpc) is 2.76. The summed E-state index contributed by atoms with van der Waals surface area (Å²) in [5.74, 6) is -1.52. The summed E-state index contributed by atoms with van der Waals surface area (Å²) in [6.45, 7) is 7.81. The molecule has 7 nitrogen and oxygen atoms in total. The third-order valence-corrected chi connectivity index (χ3v) is 4.80. The number of carbonyl (C=O) groups excluding carboxylic acids is 1. The lowest BCUT2D eigenvalue weighted by Gasteiger charge is -2.58. The second kappa shape index (κ2) is 5.39. The number of hydrogen-bond donors (Lipinski definition) is 2. The van der Waals surface area contributed by atoms with Crippen LogP contribution in [-0.2, 0) is 16.6 Å². The maximum atomic E-state index is 12.4. The summed E-state index contributed by atoms with van der Waals surface area (Å²) in [4.78, 5) is 24.2. The van der Waals surface area contributed by atoms with E-state index in [2.05, 4.69) is 10.4 Å². The second-order valence-corrected chi connectivity index (χ2v) is 6.33. The highest BCUT2D eigenvalue weighted by Crippen LogP contribution is 2.51. The molecule has 0 spiro atoms. The van der Waals surface area contributed by atoms with Crippen LogP contribution in [0.5, 0.6) is 0 Å². The van der Waals surface area contributed by atoms with Crippen LogP contribution in [0.1, 0.15) is 43.4 Å². The average molecular weight is 309 g/mol. The van der Waals surface area contributed by atoms with E-state index in [1.807, 2.05) is 13.8 Å². The highest BCUT2D eigenvalue weighted by atomic mass is 16.5. The van der Waals surface area contributed by atoms with Crippen molar-refractivity contribution in [2.24, 2.45) is 12.5 Å². The zero-order chi connectivity index (χ0) is 16.7. The van der Waals surface area contributed by atoms with E-state index in [9.17, 15) is 14.7 Å². The van der Waals surface area contributed by atoms with Crippen LogP contribution in [0.2, 0.25) is 0 Å². The minimum absolute atomic E-state index is 0.195. The lowest BCUT2D eigenvalue weighted by Crippen LogP contribution is -2.76. The smallest absolute Gasteiger partial charge is 0.330 e. The van der Waals surface area contributed by atoms with Gasteiger partial charge in [0, 0.05) is 31.2 Å². The number of aryl methyl sites for hydroxylation is 2. The highest BCUT2D eigenvalue weighted by molar-refractivity contribution is 5.97. The summed E-state index contributed by atoms with van der Waals surface area (Å²) in [5.41, 5.74) is -0.991. The van der Waals surface area contributed by atoms with Crippen molar-refractivity contribution in [3.8, 4) is 0 Å². The van der Waals surface area contributed by atoms with Crippen LogP contribution in [0.25, 0.3) is 0 Å². The van der Waals surface area contributed by atoms with Gasteiger partial charge in [-0.05, 0) is 19.9 Å². The molecule has 0 radical (unpaired) electrons. The maximum absolute atomic E-state index is 12.4. The summed E-state index contributed by atoms with van der Waals surface area (Å²) in [6, 6.07) is 1.64. The van der Waals surface area contributed by atoms with Crippen molar-refractivity contribution in [3.63, 3.8) is 0 Å². The number of carbonyl (C=O) groups is 2. The predicted octanol–water partition coefficient (Wildman–Crippen LogP) is 1.12. The quantitative estimate of drug-likeness (QED) is 0.850. The van der Waals surface area contributed by atoms with E-state index in [4.69, 9.17) is 4.74 Å². The molecule has 1 aromatic heterocycles. The Morgan fingerprint density at radius 3 is 2.59 bits per heavy atom. The van der Waals surface area contributed by atoms with Gasteiger partial charge < -0.3 is 15.2 Å². The molecule has 1 aromatic rings. The van der Waals surface area contributed by atoms with Crippen LogP contribution in [0.3, 0.4) is 0 Å². The van der Waals surface area contributed by atoms with Crippen molar-refractivity contribution < 1.29 is 19.4 Å². The van der Waals surface area contributed by atoms with Crippen molar-refractivity contribution in [1.82, 2.24) is 15.1 Å². The Morgan fingerprint density at radius 2 is 2.18 bits per heavy atom. The number of carboxylic acids is 1. The van der Waals surface area contributed by atoms with Gasteiger partial charge in [0.2, 0.25) is 0 Å². The molecule has 1 fully saturated rings. The van der Waals surface area contributed by atoms with E-state index < -0.39 is 22.8 Å². The number of hydrogen-bond acceptors (Lipinski definition) is 4. The summed E-state index contributed by atoms with van der Waals surface area (Å²) in [5, 5.41) is 16.4. The molecule has 2 unspecified atom stereocenters. The maximum Gasteiger partial charge on any atom is 0.330 e. The van der Waals surface area contributed by atoms with Crippen molar-refractivity contribution >= 4 is 11.9 Å². The fourth-order valence-corrected chi connectivity index (χ4v) is 2.97. The van der Waals surface area contributed by atoms with E-state index in [0.717, 1.165) is 5.69 Å². The number of aromatic nitrogens is 2. The van der Waals surface area contributed by atoms with Gasteiger partial charge in [0.1, 0.15) is 11.2 Å². The van der Waals surface area contributed by atoms with E-state index in [1.54, 1.807) is 31.6 Å². The molecule has 1 amide bonds. The third-order valence-electron chi connectivity index (χ3n) is 4.80. The number of amides is 1. The Labute approximate surface area is 129 Å². The van der Waals surface area contributed by atoms with Gasteiger partial charge in [-0.2, -0.15) is 5.10 Å². The first-order chi connectivity index (χ1) is 10.2. The van der Waals surface area contributed by atoms with Crippen LogP contribution in [0, 0.1) is 12.3 Å². The highest BCUT2D eigenvalue weighted by Gasteiger charge is 2.66. The van der Waals surface area contributed by atoms with Crippen molar-refractivity contribution in [3.05, 3.63) is 17.5 Å². The monoisotopic (exact) mass is 309 g/mol. The van der Waals surface area contributed by atoms with Gasteiger partial charge in [-0.3, -0.25) is 9.48 Å². The minimum Gasteiger partial charge on any atom is -0.479 e. The van der Waals surface area contributed by atoms with Crippen LogP contribution in [0.4, 0.5) is 0 Å². The van der Waals surface area contributed by atoms with Crippen molar-refractivity contribution in [2.75, 3.05) is 6.61 Å². The fraction of sp³-hybridized carbons (Fsp3) is 0.667. The molecule has 0 aliphatic heterocycles. The van der Waals surface area contributed by atoms with E-state index in [0.29, 0.717) is 6.61 Å². The van der Waals surface area contributed by atoms with E-state index in [1.165, 1.54) is 0 Å². The first-order valence-electron chi connectivity index (χ1n) is 7.34. The molecule has 0 saturated heterocycles. The summed E-state index contributed by atoms with van der Waals surface area (Å²) in [7, 11) is 1.73. The first kappa shape index (κ1) is 16.5. The molecule has 0 aromatic carbocycles. The molecule has 122 valence electrons. The molecule has 1 aliphatic carbocycles. The number of nitrogens with zero attached hydrogens (tertiary/aromatic N) is 2. The molecule has 2 N–H and O–H groups in total. The zero-order valence-corrected chi connectivity index (χ0v) is 13.6. The number of ether oxygens (including phenoxy) is 1. The Morgan fingerprint density at radius 1 is 1.55 bits per heavy atom. The van der Waals surface area contributed by atoms with Crippen LogP contribution in [0.15, 0.2) is 6.07 Å². The number of rotatable bonds is 5.